The Morgan fingerprint density at radius 1 is 0.971 bits per heavy atom. The summed E-state index contributed by atoms with van der Waals surface area (Å²) in [5.74, 6) is 1.70. The molecule has 1 heterocycles. The summed E-state index contributed by atoms with van der Waals surface area (Å²) in [6, 6.07) is 20.9. The van der Waals surface area contributed by atoms with Gasteiger partial charge < -0.3 is 20.1 Å². The van der Waals surface area contributed by atoms with Gasteiger partial charge in [-0.15, -0.1) is 0 Å². The Kier molecular flexibility index (Phi) is 6.45. The Hall–Kier alpha value is -3.80. The predicted molar refractivity (Wildman–Crippen MR) is 135 cm³/mol. The van der Waals surface area contributed by atoms with Crippen molar-refractivity contribution in [3.63, 3.8) is 0 Å². The average molecular weight is 471 g/mol. The van der Waals surface area contributed by atoms with E-state index in [4.69, 9.17) is 15.2 Å². The third-order valence-corrected chi connectivity index (χ3v) is 6.82. The Morgan fingerprint density at radius 2 is 1.77 bits per heavy atom. The van der Waals surface area contributed by atoms with Crippen molar-refractivity contribution in [2.75, 3.05) is 11.4 Å². The molecule has 2 N–H and O–H groups in total. The summed E-state index contributed by atoms with van der Waals surface area (Å²) < 4.78 is 12.6. The molecular weight excluding hydrogens is 440 g/mol. The van der Waals surface area contributed by atoms with Gasteiger partial charge in [0.1, 0.15) is 5.75 Å². The fourth-order valence-electron chi connectivity index (χ4n) is 4.95. The van der Waals surface area contributed by atoms with E-state index in [1.807, 2.05) is 55.5 Å². The number of anilines is 1. The molecule has 6 nitrogen and oxygen atoms in total. The monoisotopic (exact) mass is 470 g/mol. The van der Waals surface area contributed by atoms with Gasteiger partial charge in [0.05, 0.1) is 6.10 Å². The molecule has 1 aliphatic heterocycles. The van der Waals surface area contributed by atoms with Gasteiger partial charge in [-0.1, -0.05) is 24.3 Å². The number of rotatable bonds is 7. The van der Waals surface area contributed by atoms with Crippen molar-refractivity contribution in [1.82, 2.24) is 0 Å². The van der Waals surface area contributed by atoms with Crippen molar-refractivity contribution in [2.45, 2.75) is 51.0 Å². The maximum Gasteiger partial charge on any atom is 0.248 e. The second-order valence-electron chi connectivity index (χ2n) is 9.47. The van der Waals surface area contributed by atoms with E-state index in [0.29, 0.717) is 30.0 Å². The molecule has 0 bridgehead atoms. The van der Waals surface area contributed by atoms with Crippen LogP contribution in [0.3, 0.4) is 0 Å². The van der Waals surface area contributed by atoms with E-state index < -0.39 is 5.91 Å². The lowest BCUT2D eigenvalue weighted by atomic mass is 9.97. The van der Waals surface area contributed by atoms with Crippen LogP contribution in [0.4, 0.5) is 5.69 Å². The topological polar surface area (TPSA) is 81.9 Å². The highest BCUT2D eigenvalue weighted by atomic mass is 16.5. The van der Waals surface area contributed by atoms with Gasteiger partial charge in [0.25, 0.3) is 0 Å². The zero-order valence-corrected chi connectivity index (χ0v) is 19.9. The molecule has 35 heavy (non-hydrogen) atoms. The number of benzene rings is 3. The lowest BCUT2D eigenvalue weighted by Gasteiger charge is -2.20. The number of nitrogens with zero attached hydrogens (tertiary/aromatic N) is 1. The molecule has 1 atom stereocenters. The number of ether oxygens (including phenoxy) is 2. The van der Waals surface area contributed by atoms with E-state index in [1.54, 1.807) is 23.1 Å². The first-order valence-electron chi connectivity index (χ1n) is 12.2. The van der Waals surface area contributed by atoms with Crippen LogP contribution in [0.2, 0.25) is 0 Å². The standard InChI is InChI=1S/C29H30N2O4/c1-19-6-4-11-25(14-19)35-26-13-12-20(16-27(26)34-24-9-2-3-10-24)22-17-28(32)31(18-22)23-8-5-7-21(15-23)29(30)33/h4-8,11-16,22,24H,2-3,9-10,17-18H2,1H3,(H2,30,33)/t22-/m0/s1. The summed E-state index contributed by atoms with van der Waals surface area (Å²) in [7, 11) is 0. The van der Waals surface area contributed by atoms with Crippen molar-refractivity contribution >= 4 is 17.5 Å². The van der Waals surface area contributed by atoms with Crippen molar-refractivity contribution in [2.24, 2.45) is 5.73 Å². The highest BCUT2D eigenvalue weighted by molar-refractivity contribution is 5.99. The first-order valence-corrected chi connectivity index (χ1v) is 12.2. The van der Waals surface area contributed by atoms with Gasteiger partial charge in [-0.2, -0.15) is 0 Å². The molecule has 1 saturated heterocycles. The number of carbonyl (C=O) groups excluding carboxylic acids is 2. The van der Waals surface area contributed by atoms with Crippen LogP contribution in [0.15, 0.2) is 66.7 Å². The van der Waals surface area contributed by atoms with Gasteiger partial charge in [0.2, 0.25) is 11.8 Å². The van der Waals surface area contributed by atoms with Crippen molar-refractivity contribution in [3.05, 3.63) is 83.4 Å². The van der Waals surface area contributed by atoms with E-state index in [9.17, 15) is 9.59 Å². The van der Waals surface area contributed by atoms with Gasteiger partial charge in [-0.3, -0.25) is 9.59 Å². The number of hydrogen-bond donors (Lipinski definition) is 1. The van der Waals surface area contributed by atoms with Gasteiger partial charge in [0.15, 0.2) is 11.5 Å². The van der Waals surface area contributed by atoms with Crippen LogP contribution in [-0.4, -0.2) is 24.5 Å². The first-order chi connectivity index (χ1) is 17.0. The third-order valence-electron chi connectivity index (χ3n) is 6.82. The molecule has 6 heteroatoms. The molecule has 180 valence electrons. The van der Waals surface area contributed by atoms with Gasteiger partial charge in [-0.25, -0.2) is 0 Å². The summed E-state index contributed by atoms with van der Waals surface area (Å²) in [5, 5.41) is 0. The van der Waals surface area contributed by atoms with E-state index in [1.165, 1.54) is 12.8 Å². The zero-order chi connectivity index (χ0) is 24.4. The van der Waals surface area contributed by atoms with Gasteiger partial charge >= 0.3 is 0 Å². The molecule has 2 amide bonds. The second-order valence-corrected chi connectivity index (χ2v) is 9.47. The SMILES string of the molecule is Cc1cccc(Oc2ccc([C@H]3CC(=O)N(c4cccc(C(N)=O)c4)C3)cc2OC2CCCC2)c1. The van der Waals surface area contributed by atoms with Crippen LogP contribution >= 0.6 is 0 Å². The maximum absolute atomic E-state index is 12.9. The summed E-state index contributed by atoms with van der Waals surface area (Å²) in [5.41, 5.74) is 8.68. The molecule has 0 unspecified atom stereocenters. The minimum Gasteiger partial charge on any atom is -0.487 e. The van der Waals surface area contributed by atoms with Gasteiger partial charge in [-0.05, 0) is 86.2 Å². The van der Waals surface area contributed by atoms with Crippen LogP contribution in [0.25, 0.3) is 0 Å². The molecule has 0 aromatic heterocycles. The van der Waals surface area contributed by atoms with Crippen molar-refractivity contribution < 1.29 is 19.1 Å². The Bertz CT molecular complexity index is 1250. The minimum atomic E-state index is -0.507. The minimum absolute atomic E-state index is 0.0127. The number of carbonyl (C=O) groups is 2. The second kappa shape index (κ2) is 9.82. The predicted octanol–water partition coefficient (Wildman–Crippen LogP) is 5.73. The molecule has 1 saturated carbocycles. The largest absolute Gasteiger partial charge is 0.487 e. The number of primary amides is 1. The van der Waals surface area contributed by atoms with E-state index in [-0.39, 0.29) is 17.9 Å². The highest BCUT2D eigenvalue weighted by Gasteiger charge is 2.32. The fraction of sp³-hybridized carbons (Fsp3) is 0.310. The molecule has 2 aliphatic rings. The third kappa shape index (κ3) is 5.16. The molecule has 5 rings (SSSR count). The number of amides is 2. The normalized spacial score (nSPS) is 18.1. The summed E-state index contributed by atoms with van der Waals surface area (Å²) in [4.78, 5) is 26.2. The van der Waals surface area contributed by atoms with Crippen LogP contribution in [0.5, 0.6) is 17.2 Å². The number of hydrogen-bond acceptors (Lipinski definition) is 4. The molecule has 3 aromatic rings. The smallest absolute Gasteiger partial charge is 0.248 e. The summed E-state index contributed by atoms with van der Waals surface area (Å²) in [6.45, 7) is 2.57. The van der Waals surface area contributed by atoms with Crippen LogP contribution < -0.4 is 20.1 Å². The summed E-state index contributed by atoms with van der Waals surface area (Å²) in [6.07, 6.45) is 5.01. The van der Waals surface area contributed by atoms with Crippen LogP contribution in [0.1, 0.15) is 59.5 Å². The number of nitrogens with two attached hydrogens (primary N) is 1. The molecule has 0 spiro atoms. The Labute approximate surface area is 205 Å². The maximum atomic E-state index is 12.9. The average Bonchev–Trinajstić information content (AvgIpc) is 3.50. The molecule has 3 aromatic carbocycles. The van der Waals surface area contributed by atoms with Crippen LogP contribution in [0, 0.1) is 6.92 Å². The molecule has 0 radical (unpaired) electrons. The molecule has 2 fully saturated rings. The quantitative estimate of drug-likeness (QED) is 0.478. The van der Waals surface area contributed by atoms with E-state index in [0.717, 1.165) is 35.5 Å². The van der Waals surface area contributed by atoms with E-state index >= 15 is 0 Å². The number of aryl methyl sites for hydroxylation is 1. The van der Waals surface area contributed by atoms with Crippen molar-refractivity contribution in [1.29, 1.82) is 0 Å². The van der Waals surface area contributed by atoms with Gasteiger partial charge in [0, 0.05) is 30.1 Å². The Morgan fingerprint density at radius 3 is 2.54 bits per heavy atom. The molecule has 1 aliphatic carbocycles. The fourth-order valence-corrected chi connectivity index (χ4v) is 4.95. The first kappa shape index (κ1) is 23.0. The zero-order valence-electron chi connectivity index (χ0n) is 19.9. The van der Waals surface area contributed by atoms with Crippen molar-refractivity contribution in [3.8, 4) is 17.2 Å². The highest BCUT2D eigenvalue weighted by Crippen LogP contribution is 2.40. The van der Waals surface area contributed by atoms with E-state index in [2.05, 4.69) is 0 Å². The summed E-state index contributed by atoms with van der Waals surface area (Å²) >= 11 is 0. The van der Waals surface area contributed by atoms with Crippen LogP contribution in [-0.2, 0) is 4.79 Å². The lowest BCUT2D eigenvalue weighted by molar-refractivity contribution is -0.117. The Balaban J connectivity index is 1.40. The molecular formula is C29H30N2O4. The lowest BCUT2D eigenvalue weighted by Crippen LogP contribution is -2.24.